The van der Waals surface area contributed by atoms with Gasteiger partial charge in [0, 0.05) is 30.7 Å². The van der Waals surface area contributed by atoms with Gasteiger partial charge in [0.2, 0.25) is 0 Å². The van der Waals surface area contributed by atoms with Gasteiger partial charge in [-0.2, -0.15) is 0 Å². The fraction of sp³-hybridized carbons (Fsp3) is 0.304. The molecule has 3 heterocycles. The molecule has 2 amide bonds. The van der Waals surface area contributed by atoms with Crippen LogP contribution in [0.3, 0.4) is 0 Å². The second kappa shape index (κ2) is 9.00. The average Bonchev–Trinajstić information content (AvgIpc) is 3.27. The highest BCUT2D eigenvalue weighted by molar-refractivity contribution is 9.11. The molecule has 0 aliphatic heterocycles. The van der Waals surface area contributed by atoms with Gasteiger partial charge in [-0.05, 0) is 48.2 Å². The predicted octanol–water partition coefficient (Wildman–Crippen LogP) is 4.93. The van der Waals surface area contributed by atoms with Crippen molar-refractivity contribution in [3.63, 3.8) is 0 Å². The zero-order valence-electron chi connectivity index (χ0n) is 18.2. The molecule has 1 N–H and O–H groups in total. The molecule has 170 valence electrons. The number of nitrogens with one attached hydrogen (secondary N) is 1. The lowest BCUT2D eigenvalue weighted by Gasteiger charge is -2.22. The van der Waals surface area contributed by atoms with Gasteiger partial charge in [-0.3, -0.25) is 14.0 Å². The monoisotopic (exact) mass is 543 g/mol. The summed E-state index contributed by atoms with van der Waals surface area (Å²) in [5, 5.41) is 4.88. The summed E-state index contributed by atoms with van der Waals surface area (Å²) < 4.78 is 2.49. The molecule has 1 aliphatic rings. The fourth-order valence-electron chi connectivity index (χ4n) is 3.85. The highest BCUT2D eigenvalue weighted by atomic mass is 79.9. The minimum absolute atomic E-state index is 0.0926. The second-order valence-corrected chi connectivity index (χ2v) is 11.2. The normalized spacial score (nSPS) is 13.4. The van der Waals surface area contributed by atoms with Crippen LogP contribution in [-0.4, -0.2) is 50.2 Å². The van der Waals surface area contributed by atoms with Crippen LogP contribution in [-0.2, 0) is 0 Å². The molecule has 7 nitrogen and oxygen atoms in total. The Hall–Kier alpha value is -2.56. The summed E-state index contributed by atoms with van der Waals surface area (Å²) in [4.78, 5) is 38.8. The molecule has 0 unspecified atom stereocenters. The predicted molar refractivity (Wildman–Crippen MR) is 134 cm³/mol. The number of imidazole rings is 1. The first-order valence-corrected chi connectivity index (χ1v) is 13.2. The Balaban J connectivity index is 1.31. The molecule has 0 saturated heterocycles. The number of amides is 2. The first-order chi connectivity index (χ1) is 15.9. The molecule has 1 fully saturated rings. The van der Waals surface area contributed by atoms with Gasteiger partial charge in [-0.1, -0.05) is 29.8 Å². The Morgan fingerprint density at radius 2 is 1.97 bits per heavy atom. The third kappa shape index (κ3) is 4.47. The van der Waals surface area contributed by atoms with E-state index in [0.29, 0.717) is 34.1 Å². The number of aryl methyl sites for hydroxylation is 2. The molecule has 0 spiro atoms. The van der Waals surface area contributed by atoms with Crippen LogP contribution in [0.1, 0.15) is 45.1 Å². The zero-order valence-corrected chi connectivity index (χ0v) is 21.4. The number of nitrogens with zero attached hydrogens (tertiary/aromatic N) is 4. The highest BCUT2D eigenvalue weighted by Crippen LogP contribution is 2.36. The van der Waals surface area contributed by atoms with Gasteiger partial charge in [0.15, 0.2) is 8.88 Å². The molecular weight excluding hydrogens is 522 g/mol. The van der Waals surface area contributed by atoms with Crippen LogP contribution >= 0.6 is 38.6 Å². The van der Waals surface area contributed by atoms with Crippen molar-refractivity contribution in [3.8, 4) is 10.4 Å². The van der Waals surface area contributed by atoms with E-state index in [9.17, 15) is 9.59 Å². The minimum Gasteiger partial charge on any atom is -0.349 e. The smallest absolute Gasteiger partial charge is 0.274 e. The van der Waals surface area contributed by atoms with Gasteiger partial charge < -0.3 is 10.2 Å². The standard InChI is InChI=1S/C23H22BrN5O2S2/c1-13-3-5-15(6-4-13)19-17(27-22(24)33-19)21(31)28(16-7-8-16)10-9-25-20(30)18-14(2)26-23-29(18)11-12-32-23/h3-6,11-12,16H,7-10H2,1-2H3,(H,25,30). The molecule has 3 aromatic heterocycles. The van der Waals surface area contributed by atoms with Gasteiger partial charge in [0.05, 0.1) is 10.6 Å². The number of benzene rings is 1. The minimum atomic E-state index is -0.182. The summed E-state index contributed by atoms with van der Waals surface area (Å²) >= 11 is 6.41. The molecule has 5 rings (SSSR count). The Labute approximate surface area is 207 Å². The highest BCUT2D eigenvalue weighted by Gasteiger charge is 2.35. The number of hydrogen-bond acceptors (Lipinski definition) is 6. The second-order valence-electron chi connectivity index (χ2n) is 8.10. The molecule has 1 aliphatic carbocycles. The fourth-order valence-corrected chi connectivity index (χ4v) is 6.06. The Bertz CT molecular complexity index is 1340. The van der Waals surface area contributed by atoms with Crippen molar-refractivity contribution in [1.82, 2.24) is 24.6 Å². The molecule has 1 saturated carbocycles. The Morgan fingerprint density at radius 3 is 2.70 bits per heavy atom. The number of rotatable bonds is 7. The van der Waals surface area contributed by atoms with Crippen molar-refractivity contribution >= 4 is 55.4 Å². The van der Waals surface area contributed by atoms with Gasteiger partial charge in [-0.25, -0.2) is 9.97 Å². The van der Waals surface area contributed by atoms with Crippen molar-refractivity contribution in [3.05, 3.63) is 62.4 Å². The van der Waals surface area contributed by atoms with E-state index in [0.717, 1.165) is 28.2 Å². The van der Waals surface area contributed by atoms with Crippen molar-refractivity contribution in [2.24, 2.45) is 0 Å². The van der Waals surface area contributed by atoms with Crippen LogP contribution in [0.2, 0.25) is 0 Å². The maximum Gasteiger partial charge on any atom is 0.274 e. The molecule has 33 heavy (non-hydrogen) atoms. The van der Waals surface area contributed by atoms with Crippen molar-refractivity contribution in [2.75, 3.05) is 13.1 Å². The van der Waals surface area contributed by atoms with Crippen molar-refractivity contribution in [2.45, 2.75) is 32.7 Å². The topological polar surface area (TPSA) is 79.6 Å². The van der Waals surface area contributed by atoms with Crippen LogP contribution in [0.25, 0.3) is 15.4 Å². The van der Waals surface area contributed by atoms with Crippen LogP contribution < -0.4 is 5.32 Å². The van der Waals surface area contributed by atoms with E-state index in [1.165, 1.54) is 28.2 Å². The quantitative estimate of drug-likeness (QED) is 0.358. The van der Waals surface area contributed by atoms with E-state index in [-0.39, 0.29) is 17.9 Å². The third-order valence-electron chi connectivity index (χ3n) is 5.66. The summed E-state index contributed by atoms with van der Waals surface area (Å²) in [5.74, 6) is -0.275. The number of fused-ring (bicyclic) bond motifs is 1. The number of aromatic nitrogens is 3. The van der Waals surface area contributed by atoms with Gasteiger partial charge >= 0.3 is 0 Å². The molecule has 1 aromatic carbocycles. The van der Waals surface area contributed by atoms with E-state index in [1.807, 2.05) is 54.6 Å². The maximum atomic E-state index is 13.5. The first kappa shape index (κ1) is 22.2. The van der Waals surface area contributed by atoms with Crippen LogP contribution in [0, 0.1) is 13.8 Å². The molecule has 4 aromatic rings. The van der Waals surface area contributed by atoms with E-state index in [4.69, 9.17) is 0 Å². The SMILES string of the molecule is Cc1ccc(-c2sc(Br)nc2C(=O)N(CCNC(=O)c2c(C)nc3sccn23)C2CC2)cc1. The molecular formula is C23H22BrN5O2S2. The molecule has 10 heteroatoms. The molecule has 0 atom stereocenters. The third-order valence-corrected chi connectivity index (χ3v) is 7.97. The lowest BCUT2D eigenvalue weighted by molar-refractivity contribution is 0.0731. The van der Waals surface area contributed by atoms with Crippen LogP contribution in [0.5, 0.6) is 0 Å². The van der Waals surface area contributed by atoms with E-state index in [1.54, 1.807) is 4.40 Å². The molecule has 0 radical (unpaired) electrons. The summed E-state index contributed by atoms with van der Waals surface area (Å²) in [7, 11) is 0. The largest absolute Gasteiger partial charge is 0.349 e. The summed E-state index contributed by atoms with van der Waals surface area (Å²) in [5.41, 5.74) is 3.84. The van der Waals surface area contributed by atoms with E-state index < -0.39 is 0 Å². The van der Waals surface area contributed by atoms with Gasteiger partial charge in [-0.15, -0.1) is 22.7 Å². The number of hydrogen-bond donors (Lipinski definition) is 1. The van der Waals surface area contributed by atoms with E-state index in [2.05, 4.69) is 31.2 Å². The van der Waals surface area contributed by atoms with E-state index >= 15 is 0 Å². The Morgan fingerprint density at radius 1 is 1.21 bits per heavy atom. The molecule has 0 bridgehead atoms. The zero-order chi connectivity index (χ0) is 23.1. The summed E-state index contributed by atoms with van der Waals surface area (Å²) in [6.45, 7) is 4.67. The summed E-state index contributed by atoms with van der Waals surface area (Å²) in [6, 6.07) is 8.31. The summed E-state index contributed by atoms with van der Waals surface area (Å²) in [6.07, 6.45) is 3.80. The number of carbonyl (C=O) groups excluding carboxylic acids is 2. The average molecular weight is 545 g/mol. The number of thiazole rings is 2. The number of carbonyl (C=O) groups is 2. The van der Waals surface area contributed by atoms with Crippen molar-refractivity contribution < 1.29 is 9.59 Å². The lowest BCUT2D eigenvalue weighted by Crippen LogP contribution is -2.40. The first-order valence-electron chi connectivity index (χ1n) is 10.7. The number of halogens is 1. The van der Waals surface area contributed by atoms with Gasteiger partial charge in [0.25, 0.3) is 11.8 Å². The maximum absolute atomic E-state index is 13.5. The van der Waals surface area contributed by atoms with Crippen LogP contribution in [0.15, 0.2) is 39.8 Å². The lowest BCUT2D eigenvalue weighted by atomic mass is 10.1. The van der Waals surface area contributed by atoms with Crippen LogP contribution in [0.4, 0.5) is 0 Å². The Kier molecular flexibility index (Phi) is 6.07. The van der Waals surface area contributed by atoms with Crippen molar-refractivity contribution in [1.29, 1.82) is 0 Å². The van der Waals surface area contributed by atoms with Gasteiger partial charge in [0.1, 0.15) is 11.4 Å².